The largest absolute Gasteiger partial charge is 0.351 e. The number of carbonyl (C=O) groups excluding carboxylic acids is 1. The zero-order chi connectivity index (χ0) is 12.3. The summed E-state index contributed by atoms with van der Waals surface area (Å²) < 4.78 is 4.89. The zero-order valence-electron chi connectivity index (χ0n) is 9.88. The van der Waals surface area contributed by atoms with Crippen molar-refractivity contribution in [2.75, 3.05) is 11.4 Å². The second kappa shape index (κ2) is 4.82. The van der Waals surface area contributed by atoms with Crippen LogP contribution in [-0.2, 0) is 0 Å². The Balaban J connectivity index is 2.31. The molecule has 1 amide bonds. The number of aromatic nitrogens is 1. The molecule has 4 nitrogen and oxygen atoms in total. The van der Waals surface area contributed by atoms with Crippen LogP contribution in [-0.4, -0.2) is 17.6 Å². The lowest BCUT2D eigenvalue weighted by atomic mass is 10.2. The standard InChI is InChI=1S/C13H14N2O2/c1-3-15(11-6-4-5-10(2)9-11)13(16)12-7-8-14-17-12/h4-9H,3H2,1-2H3. The number of amides is 1. The van der Waals surface area contributed by atoms with E-state index in [2.05, 4.69) is 5.16 Å². The molecule has 2 rings (SSSR count). The van der Waals surface area contributed by atoms with E-state index in [-0.39, 0.29) is 11.7 Å². The number of hydrogen-bond donors (Lipinski definition) is 0. The number of benzene rings is 1. The van der Waals surface area contributed by atoms with Gasteiger partial charge in [-0.15, -0.1) is 0 Å². The number of carbonyl (C=O) groups is 1. The molecular formula is C13H14N2O2. The maximum Gasteiger partial charge on any atom is 0.296 e. The smallest absolute Gasteiger partial charge is 0.296 e. The summed E-state index contributed by atoms with van der Waals surface area (Å²) >= 11 is 0. The molecule has 17 heavy (non-hydrogen) atoms. The first-order valence-corrected chi connectivity index (χ1v) is 5.51. The Labute approximate surface area is 99.8 Å². The van der Waals surface area contributed by atoms with Crippen molar-refractivity contribution in [2.24, 2.45) is 0 Å². The first-order chi connectivity index (χ1) is 8.22. The average Bonchev–Trinajstić information content (AvgIpc) is 2.83. The van der Waals surface area contributed by atoms with Gasteiger partial charge in [-0.25, -0.2) is 0 Å². The highest BCUT2D eigenvalue weighted by atomic mass is 16.5. The summed E-state index contributed by atoms with van der Waals surface area (Å²) in [6.07, 6.45) is 1.47. The second-order valence-corrected chi connectivity index (χ2v) is 3.77. The Hall–Kier alpha value is -2.10. The summed E-state index contributed by atoms with van der Waals surface area (Å²) in [5.41, 5.74) is 1.99. The van der Waals surface area contributed by atoms with Crippen LogP contribution in [0.5, 0.6) is 0 Å². The quantitative estimate of drug-likeness (QED) is 0.814. The molecule has 0 N–H and O–H groups in total. The highest BCUT2D eigenvalue weighted by Gasteiger charge is 2.19. The molecule has 1 heterocycles. The van der Waals surface area contributed by atoms with E-state index in [1.807, 2.05) is 38.1 Å². The molecule has 0 fully saturated rings. The van der Waals surface area contributed by atoms with Gasteiger partial charge in [-0.05, 0) is 31.5 Å². The lowest BCUT2D eigenvalue weighted by Crippen LogP contribution is -2.30. The van der Waals surface area contributed by atoms with Gasteiger partial charge in [0, 0.05) is 18.3 Å². The topological polar surface area (TPSA) is 46.3 Å². The molecule has 0 bridgehead atoms. The SMILES string of the molecule is CCN(C(=O)c1ccno1)c1cccc(C)c1. The van der Waals surface area contributed by atoms with Crippen molar-refractivity contribution in [3.63, 3.8) is 0 Å². The van der Waals surface area contributed by atoms with Crippen LogP contribution in [0.25, 0.3) is 0 Å². The van der Waals surface area contributed by atoms with Crippen LogP contribution in [0, 0.1) is 6.92 Å². The predicted octanol–water partition coefficient (Wildman–Crippen LogP) is 2.65. The van der Waals surface area contributed by atoms with Crippen LogP contribution in [0.3, 0.4) is 0 Å². The summed E-state index contributed by atoms with van der Waals surface area (Å²) in [7, 11) is 0. The van der Waals surface area contributed by atoms with Crippen molar-refractivity contribution in [1.29, 1.82) is 0 Å². The predicted molar refractivity (Wildman–Crippen MR) is 65.0 cm³/mol. The first-order valence-electron chi connectivity index (χ1n) is 5.51. The Morgan fingerprint density at radius 2 is 2.24 bits per heavy atom. The lowest BCUT2D eigenvalue weighted by Gasteiger charge is -2.19. The molecule has 0 aliphatic rings. The van der Waals surface area contributed by atoms with Crippen molar-refractivity contribution in [2.45, 2.75) is 13.8 Å². The van der Waals surface area contributed by atoms with Gasteiger partial charge in [-0.2, -0.15) is 0 Å². The minimum absolute atomic E-state index is 0.171. The fourth-order valence-corrected chi connectivity index (χ4v) is 1.70. The third-order valence-corrected chi connectivity index (χ3v) is 2.52. The lowest BCUT2D eigenvalue weighted by molar-refractivity contribution is 0.0952. The molecule has 0 spiro atoms. The zero-order valence-corrected chi connectivity index (χ0v) is 9.88. The monoisotopic (exact) mass is 230 g/mol. The van der Waals surface area contributed by atoms with E-state index in [0.29, 0.717) is 6.54 Å². The van der Waals surface area contributed by atoms with Crippen molar-refractivity contribution in [1.82, 2.24) is 5.16 Å². The molecule has 88 valence electrons. The van der Waals surface area contributed by atoms with E-state index < -0.39 is 0 Å². The van der Waals surface area contributed by atoms with Gasteiger partial charge in [-0.3, -0.25) is 4.79 Å². The molecule has 0 atom stereocenters. The molecule has 4 heteroatoms. The number of anilines is 1. The molecule has 0 saturated carbocycles. The molecular weight excluding hydrogens is 216 g/mol. The van der Waals surface area contributed by atoms with E-state index in [1.54, 1.807) is 11.0 Å². The number of rotatable bonds is 3. The maximum absolute atomic E-state index is 12.1. The number of nitrogens with zero attached hydrogens (tertiary/aromatic N) is 2. The van der Waals surface area contributed by atoms with E-state index in [4.69, 9.17) is 4.52 Å². The fourth-order valence-electron chi connectivity index (χ4n) is 1.70. The van der Waals surface area contributed by atoms with Gasteiger partial charge < -0.3 is 9.42 Å². The molecule has 0 saturated heterocycles. The summed E-state index contributed by atoms with van der Waals surface area (Å²) in [6, 6.07) is 9.38. The fraction of sp³-hybridized carbons (Fsp3) is 0.231. The van der Waals surface area contributed by atoms with Crippen LogP contribution >= 0.6 is 0 Å². The molecule has 0 unspecified atom stereocenters. The van der Waals surface area contributed by atoms with E-state index >= 15 is 0 Å². The Kier molecular flexibility index (Phi) is 3.23. The minimum Gasteiger partial charge on any atom is -0.351 e. The van der Waals surface area contributed by atoms with Gasteiger partial charge in [0.25, 0.3) is 5.91 Å². The minimum atomic E-state index is -0.171. The molecule has 1 aromatic heterocycles. The molecule has 0 aliphatic heterocycles. The van der Waals surface area contributed by atoms with Crippen LogP contribution in [0.4, 0.5) is 5.69 Å². The van der Waals surface area contributed by atoms with Crippen molar-refractivity contribution < 1.29 is 9.32 Å². The Morgan fingerprint density at radius 3 is 2.82 bits per heavy atom. The van der Waals surface area contributed by atoms with Crippen molar-refractivity contribution >= 4 is 11.6 Å². The highest BCUT2D eigenvalue weighted by Crippen LogP contribution is 2.18. The maximum atomic E-state index is 12.1. The molecule has 0 radical (unpaired) electrons. The summed E-state index contributed by atoms with van der Waals surface area (Å²) in [5.74, 6) is 0.0870. The third-order valence-electron chi connectivity index (χ3n) is 2.52. The van der Waals surface area contributed by atoms with Gasteiger partial charge in [0.15, 0.2) is 0 Å². The van der Waals surface area contributed by atoms with E-state index in [1.165, 1.54) is 6.20 Å². The van der Waals surface area contributed by atoms with Crippen LogP contribution in [0.15, 0.2) is 41.1 Å². The summed E-state index contributed by atoms with van der Waals surface area (Å²) in [4.78, 5) is 13.8. The Bertz CT molecular complexity index is 506. The van der Waals surface area contributed by atoms with Gasteiger partial charge >= 0.3 is 0 Å². The summed E-state index contributed by atoms with van der Waals surface area (Å²) in [6.45, 7) is 4.51. The Morgan fingerprint density at radius 1 is 1.41 bits per heavy atom. The van der Waals surface area contributed by atoms with Crippen molar-refractivity contribution in [3.05, 3.63) is 47.9 Å². The highest BCUT2D eigenvalue weighted by molar-refractivity contribution is 6.04. The van der Waals surface area contributed by atoms with Gasteiger partial charge in [0.1, 0.15) is 0 Å². The van der Waals surface area contributed by atoms with E-state index in [9.17, 15) is 4.79 Å². The average molecular weight is 230 g/mol. The van der Waals surface area contributed by atoms with Gasteiger partial charge in [0.05, 0.1) is 6.20 Å². The third kappa shape index (κ3) is 2.36. The first kappa shape index (κ1) is 11.4. The second-order valence-electron chi connectivity index (χ2n) is 3.77. The summed E-state index contributed by atoms with van der Waals surface area (Å²) in [5, 5.41) is 3.55. The van der Waals surface area contributed by atoms with Crippen LogP contribution in [0.1, 0.15) is 23.0 Å². The van der Waals surface area contributed by atoms with E-state index in [0.717, 1.165) is 11.3 Å². The van der Waals surface area contributed by atoms with Gasteiger partial charge in [0.2, 0.25) is 5.76 Å². The molecule has 1 aromatic carbocycles. The molecule has 0 aliphatic carbocycles. The normalized spacial score (nSPS) is 10.2. The number of hydrogen-bond acceptors (Lipinski definition) is 3. The molecule has 2 aromatic rings. The van der Waals surface area contributed by atoms with Crippen molar-refractivity contribution in [3.8, 4) is 0 Å². The van der Waals surface area contributed by atoms with Crippen LogP contribution < -0.4 is 4.90 Å². The van der Waals surface area contributed by atoms with Gasteiger partial charge in [-0.1, -0.05) is 17.3 Å². The number of aryl methyl sites for hydroxylation is 1. The van der Waals surface area contributed by atoms with Crippen LogP contribution in [0.2, 0.25) is 0 Å².